The van der Waals surface area contributed by atoms with Gasteiger partial charge in [0.2, 0.25) is 0 Å². The van der Waals surface area contributed by atoms with E-state index >= 15 is 0 Å². The summed E-state index contributed by atoms with van der Waals surface area (Å²) in [6.07, 6.45) is 0. The van der Waals surface area contributed by atoms with Crippen LogP contribution in [0.15, 0.2) is 0 Å². The van der Waals surface area contributed by atoms with Gasteiger partial charge in [-0.15, -0.1) is 0 Å². The maximum atomic E-state index is 7.33. The first kappa shape index (κ1) is 22.4. The molecule has 48 valence electrons. The fourth-order valence-electron chi connectivity index (χ4n) is 0. The van der Waals surface area contributed by atoms with Crippen LogP contribution in [0, 0.1) is 0 Å². The van der Waals surface area contributed by atoms with Gasteiger partial charge in [0.05, 0.1) is 0 Å². The third-order valence-corrected chi connectivity index (χ3v) is 0. The van der Waals surface area contributed by atoms with Crippen LogP contribution in [0.1, 0.15) is 0 Å². The van der Waals surface area contributed by atoms with Crippen LogP contribution >= 0.6 is 0 Å². The molecule has 0 saturated carbocycles. The van der Waals surface area contributed by atoms with E-state index in [1.54, 1.807) is 0 Å². The minimum atomic E-state index is -4.61. The third-order valence-electron chi connectivity index (χ3n) is 0. The SMILES string of the molecule is O.O[Si](O)(O)O.[CaH2].[CaH2]. The minimum absolute atomic E-state index is 0. The van der Waals surface area contributed by atoms with Gasteiger partial charge in [0.15, 0.2) is 0 Å². The monoisotopic (exact) mass is 198 g/mol. The molecule has 0 heterocycles. The summed E-state index contributed by atoms with van der Waals surface area (Å²) in [6.45, 7) is 0. The van der Waals surface area contributed by atoms with Gasteiger partial charge in [0.1, 0.15) is 0 Å². The fourth-order valence-corrected chi connectivity index (χ4v) is 0. The molecule has 0 spiro atoms. The van der Waals surface area contributed by atoms with E-state index in [-0.39, 0.29) is 81.0 Å². The van der Waals surface area contributed by atoms with Crippen molar-refractivity contribution in [1.29, 1.82) is 0 Å². The quantitative estimate of drug-likeness (QED) is 0.291. The van der Waals surface area contributed by atoms with E-state index in [1.807, 2.05) is 0 Å². The van der Waals surface area contributed by atoms with Crippen molar-refractivity contribution >= 4 is 84.5 Å². The summed E-state index contributed by atoms with van der Waals surface area (Å²) >= 11 is 0. The molecule has 0 atom stereocenters. The maximum absolute atomic E-state index is 7.33. The summed E-state index contributed by atoms with van der Waals surface area (Å²) in [5.74, 6) is 0. The first-order chi connectivity index (χ1) is 2.00. The molecule has 6 N–H and O–H groups in total. The van der Waals surface area contributed by atoms with Crippen molar-refractivity contribution in [3.8, 4) is 0 Å². The molecule has 0 fully saturated rings. The summed E-state index contributed by atoms with van der Waals surface area (Å²) in [4.78, 5) is 29.3. The number of hydrogen-bond acceptors (Lipinski definition) is 4. The Kier molecular flexibility index (Phi) is 26.7. The Morgan fingerprint density at radius 3 is 0.750 bits per heavy atom. The molecular formula is H10Ca2O5Si. The molecule has 0 radical (unpaired) electrons. The van der Waals surface area contributed by atoms with E-state index in [0.29, 0.717) is 0 Å². The first-order valence-corrected chi connectivity index (χ1v) is 2.68. The van der Waals surface area contributed by atoms with Crippen LogP contribution in [-0.4, -0.2) is 109 Å². The van der Waals surface area contributed by atoms with Gasteiger partial charge < -0.3 is 24.7 Å². The molecule has 0 aliphatic heterocycles. The topological polar surface area (TPSA) is 112 Å². The molecule has 0 bridgehead atoms. The molecule has 8 heteroatoms. The van der Waals surface area contributed by atoms with Gasteiger partial charge in [0, 0.05) is 0 Å². The van der Waals surface area contributed by atoms with Crippen molar-refractivity contribution in [2.24, 2.45) is 0 Å². The van der Waals surface area contributed by atoms with Crippen LogP contribution in [0.2, 0.25) is 0 Å². The molecule has 0 aliphatic carbocycles. The van der Waals surface area contributed by atoms with Gasteiger partial charge in [0.25, 0.3) is 0 Å². The second-order valence-electron chi connectivity index (χ2n) is 0.600. The van der Waals surface area contributed by atoms with Crippen molar-refractivity contribution in [1.82, 2.24) is 0 Å². The van der Waals surface area contributed by atoms with Crippen LogP contribution in [-0.2, 0) is 0 Å². The molecule has 0 amide bonds. The second-order valence-corrected chi connectivity index (χ2v) is 1.80. The number of hydrogen-bond donors (Lipinski definition) is 4. The van der Waals surface area contributed by atoms with E-state index in [0.717, 1.165) is 0 Å². The zero-order chi connectivity index (χ0) is 4.50. The Morgan fingerprint density at radius 2 is 0.750 bits per heavy atom. The van der Waals surface area contributed by atoms with Crippen molar-refractivity contribution in [3.63, 3.8) is 0 Å². The van der Waals surface area contributed by atoms with Crippen LogP contribution < -0.4 is 0 Å². The zero-order valence-electron chi connectivity index (χ0n) is 2.79. The zero-order valence-corrected chi connectivity index (χ0v) is 3.79. The first-order valence-electron chi connectivity index (χ1n) is 0.894. The van der Waals surface area contributed by atoms with E-state index in [2.05, 4.69) is 0 Å². The molecule has 5 nitrogen and oxygen atoms in total. The molecule has 8 heavy (non-hydrogen) atoms. The number of rotatable bonds is 0. The molecule has 0 saturated heterocycles. The standard InChI is InChI=1S/2Ca.H4O4Si.H2O.4H/c;;1-5(2,3)4;;;;;/h;;1-4H;1H2;;;;. The van der Waals surface area contributed by atoms with Gasteiger partial charge in [-0.25, -0.2) is 0 Å². The summed E-state index contributed by atoms with van der Waals surface area (Å²) in [7, 11) is -4.61. The fraction of sp³-hybridized carbons (Fsp3) is 0. The van der Waals surface area contributed by atoms with E-state index in [1.165, 1.54) is 0 Å². The Morgan fingerprint density at radius 1 is 0.750 bits per heavy atom. The summed E-state index contributed by atoms with van der Waals surface area (Å²) in [6, 6.07) is 0. The molecule has 0 aromatic carbocycles. The molecule has 0 unspecified atom stereocenters. The third kappa shape index (κ3) is 75.4. The predicted molar refractivity (Wildman–Crippen MR) is 35.3 cm³/mol. The van der Waals surface area contributed by atoms with Gasteiger partial charge in [-0.2, -0.15) is 0 Å². The Labute approximate surface area is 107 Å². The molecule has 0 rings (SSSR count). The Bertz CT molecular complexity index is 25.9. The van der Waals surface area contributed by atoms with Crippen LogP contribution in [0.25, 0.3) is 0 Å². The van der Waals surface area contributed by atoms with Crippen LogP contribution in [0.3, 0.4) is 0 Å². The van der Waals surface area contributed by atoms with E-state index in [4.69, 9.17) is 19.2 Å². The normalized spacial score (nSPS) is 7.50. The van der Waals surface area contributed by atoms with E-state index < -0.39 is 9.05 Å². The summed E-state index contributed by atoms with van der Waals surface area (Å²) < 4.78 is 0. The van der Waals surface area contributed by atoms with Crippen molar-refractivity contribution in [2.45, 2.75) is 0 Å². The van der Waals surface area contributed by atoms with Gasteiger partial charge in [-0.1, -0.05) is 0 Å². The van der Waals surface area contributed by atoms with Crippen molar-refractivity contribution in [2.75, 3.05) is 0 Å². The second kappa shape index (κ2) is 9.54. The average molecular weight is 198 g/mol. The van der Waals surface area contributed by atoms with Gasteiger partial charge >= 0.3 is 84.5 Å². The summed E-state index contributed by atoms with van der Waals surface area (Å²) in [5, 5.41) is 0. The molecule has 0 aromatic rings. The molecule has 0 aromatic heterocycles. The van der Waals surface area contributed by atoms with Crippen molar-refractivity contribution in [3.05, 3.63) is 0 Å². The van der Waals surface area contributed by atoms with Crippen LogP contribution in [0.4, 0.5) is 0 Å². The van der Waals surface area contributed by atoms with Crippen LogP contribution in [0.5, 0.6) is 0 Å². The Hall–Kier alpha value is 2.54. The summed E-state index contributed by atoms with van der Waals surface area (Å²) in [5.41, 5.74) is 0. The van der Waals surface area contributed by atoms with Gasteiger partial charge in [-0.05, 0) is 0 Å². The average Bonchev–Trinajstić information content (AvgIpc) is 0.722. The molecular weight excluding hydrogens is 188 g/mol. The van der Waals surface area contributed by atoms with Crippen molar-refractivity contribution < 1.29 is 24.7 Å². The van der Waals surface area contributed by atoms with E-state index in [9.17, 15) is 0 Å². The molecule has 0 aliphatic rings. The van der Waals surface area contributed by atoms with Gasteiger partial charge in [-0.3, -0.25) is 0 Å². The predicted octanol–water partition coefficient (Wildman–Crippen LogP) is -5.27. The Balaban J connectivity index is -0.0000000267.